The van der Waals surface area contributed by atoms with Crippen molar-refractivity contribution in [2.75, 3.05) is 0 Å². The van der Waals surface area contributed by atoms with E-state index in [0.717, 1.165) is 95.1 Å². The topological polar surface area (TPSA) is 45.7 Å². The van der Waals surface area contributed by atoms with Gasteiger partial charge in [0.25, 0.3) is 6.33 Å². The summed E-state index contributed by atoms with van der Waals surface area (Å²) in [4.78, 5) is 5.32. The van der Waals surface area contributed by atoms with Crippen LogP contribution in [0.1, 0.15) is 5.56 Å². The molecule has 10 aromatic carbocycles. The molecule has 0 unspecified atom stereocenters. The molecule has 15 rings (SSSR count). The lowest BCUT2D eigenvalue weighted by atomic mass is 10.0. The van der Waals surface area contributed by atoms with Crippen LogP contribution < -0.4 is 9.30 Å². The third-order valence-electron chi connectivity index (χ3n) is 14.7. The SMILES string of the molecule is Cc1ccc2c(c1)c1ccc(Oc3cccc(-n4[c-][n+](-c5ccccc5-c5ccccc5)c5ccccc54)c3)cc1n2-c1ccc(-n2c3ccccc3c3cccc(-n4c5ccccc5c5ccccc54)c32)cn1. The molecule has 0 aliphatic heterocycles. The van der Waals surface area contributed by atoms with Crippen LogP contribution in [0.5, 0.6) is 11.5 Å². The van der Waals surface area contributed by atoms with Crippen molar-refractivity contribution in [3.8, 4) is 51.2 Å². The molecule has 0 N–H and O–H groups in total. The number of rotatable bonds is 8. The van der Waals surface area contributed by atoms with Gasteiger partial charge in [-0.2, -0.15) is 0 Å². The Morgan fingerprint density at radius 3 is 1.84 bits per heavy atom. The predicted octanol–water partition coefficient (Wildman–Crippen LogP) is 16.2. The van der Waals surface area contributed by atoms with Gasteiger partial charge in [-0.15, -0.1) is 0 Å². The molecule has 5 aromatic heterocycles. The molecule has 0 saturated heterocycles. The first-order valence-electron chi connectivity index (χ1n) is 25.0. The Kier molecular flexibility index (Phi) is 9.34. The summed E-state index contributed by atoms with van der Waals surface area (Å²) in [5.74, 6) is 2.26. The number of aromatic nitrogens is 6. The molecule has 0 aliphatic carbocycles. The van der Waals surface area contributed by atoms with Gasteiger partial charge in [-0.05, 0) is 103 Å². The van der Waals surface area contributed by atoms with Gasteiger partial charge in [-0.25, -0.2) is 4.98 Å². The van der Waals surface area contributed by atoms with Crippen molar-refractivity contribution in [1.29, 1.82) is 0 Å². The van der Waals surface area contributed by atoms with E-state index in [1.165, 1.54) is 38.1 Å². The highest BCUT2D eigenvalue weighted by molar-refractivity contribution is 6.15. The summed E-state index contributed by atoms with van der Waals surface area (Å²) in [5.41, 5.74) is 16.3. The highest BCUT2D eigenvalue weighted by Gasteiger charge is 2.22. The van der Waals surface area contributed by atoms with Gasteiger partial charge in [-0.3, -0.25) is 13.7 Å². The number of aryl methyl sites for hydroxylation is 1. The molecule has 74 heavy (non-hydrogen) atoms. The first-order chi connectivity index (χ1) is 36.6. The summed E-state index contributed by atoms with van der Waals surface area (Å²) in [6.45, 7) is 2.15. The molecule has 0 bridgehead atoms. The lowest BCUT2D eigenvalue weighted by Crippen LogP contribution is -2.30. The van der Waals surface area contributed by atoms with Gasteiger partial charge in [0, 0.05) is 38.4 Å². The van der Waals surface area contributed by atoms with Crippen molar-refractivity contribution in [3.63, 3.8) is 0 Å². The summed E-state index contributed by atoms with van der Waals surface area (Å²) in [5, 5.41) is 7.14. The second-order valence-electron chi connectivity index (χ2n) is 19.0. The molecule has 0 aliphatic rings. The molecule has 0 amide bonds. The second kappa shape index (κ2) is 16.6. The fourth-order valence-corrected chi connectivity index (χ4v) is 11.5. The van der Waals surface area contributed by atoms with Crippen LogP contribution in [-0.4, -0.2) is 23.3 Å². The van der Waals surface area contributed by atoms with E-state index in [4.69, 9.17) is 9.72 Å². The first kappa shape index (κ1) is 41.8. The summed E-state index contributed by atoms with van der Waals surface area (Å²) < 4.78 is 18.2. The third-order valence-corrected chi connectivity index (χ3v) is 14.7. The number of nitrogens with zero attached hydrogens (tertiary/aromatic N) is 6. The van der Waals surface area contributed by atoms with Gasteiger partial charge in [0.15, 0.2) is 0 Å². The van der Waals surface area contributed by atoms with Crippen molar-refractivity contribution >= 4 is 76.5 Å². The number of hydrogen-bond donors (Lipinski definition) is 0. The molecule has 5 heterocycles. The maximum atomic E-state index is 6.81. The Balaban J connectivity index is 0.830. The molecule has 0 radical (unpaired) electrons. The second-order valence-corrected chi connectivity index (χ2v) is 19.0. The molecule has 7 nitrogen and oxygen atoms in total. The number of para-hydroxylation sites is 7. The number of ether oxygens (including phenoxy) is 1. The maximum Gasteiger partial charge on any atom is 0.269 e. The van der Waals surface area contributed by atoms with Crippen molar-refractivity contribution in [1.82, 2.24) is 23.3 Å². The van der Waals surface area contributed by atoms with Gasteiger partial charge in [0.05, 0.1) is 73.1 Å². The van der Waals surface area contributed by atoms with Crippen molar-refractivity contribution in [3.05, 3.63) is 261 Å². The summed E-state index contributed by atoms with van der Waals surface area (Å²) in [6, 6.07) is 85.9. The number of benzene rings is 10. The summed E-state index contributed by atoms with van der Waals surface area (Å²) >= 11 is 0. The van der Waals surface area contributed by atoms with E-state index in [2.05, 4.69) is 267 Å². The highest BCUT2D eigenvalue weighted by atomic mass is 16.5. The van der Waals surface area contributed by atoms with Gasteiger partial charge in [-0.1, -0.05) is 157 Å². The van der Waals surface area contributed by atoms with E-state index in [1.807, 2.05) is 18.3 Å². The molecule has 15 aromatic rings. The Morgan fingerprint density at radius 2 is 1.05 bits per heavy atom. The van der Waals surface area contributed by atoms with E-state index in [-0.39, 0.29) is 0 Å². The minimum atomic E-state index is 0.719. The largest absolute Gasteiger partial charge is 0.458 e. The lowest BCUT2D eigenvalue weighted by molar-refractivity contribution is -0.571. The number of fused-ring (bicyclic) bond motifs is 10. The standard InChI is InChI=1S/C67H44N6O/c1-44-33-37-61-56(39-44)54-36-35-49(74-48-20-15-19-46(40-48)69-43-70(63-31-14-13-30-62(63)69)57-26-9-5-21-50(57)45-17-3-2-4-18-45)41-65(54)73(61)66-38-34-47(42-68-66)71-58-27-10-8-24-53(58)55-25-16-32-64(67(55)71)72-59-28-11-6-22-51(59)52-23-7-12-29-60(52)72/h2-42H,1H3. The van der Waals surface area contributed by atoms with Crippen LogP contribution in [0.15, 0.2) is 249 Å². The number of pyridine rings is 1. The smallest absolute Gasteiger partial charge is 0.269 e. The monoisotopic (exact) mass is 948 g/mol. The first-order valence-corrected chi connectivity index (χ1v) is 25.0. The molecular weight excluding hydrogens is 905 g/mol. The molecule has 348 valence electrons. The van der Waals surface area contributed by atoms with Crippen LogP contribution in [-0.2, 0) is 0 Å². The summed E-state index contributed by atoms with van der Waals surface area (Å²) in [7, 11) is 0. The average molecular weight is 949 g/mol. The van der Waals surface area contributed by atoms with Crippen LogP contribution in [0, 0.1) is 13.3 Å². The zero-order chi connectivity index (χ0) is 48.9. The molecular formula is C67H44N6O. The minimum absolute atomic E-state index is 0.719. The molecule has 0 spiro atoms. The fourth-order valence-electron chi connectivity index (χ4n) is 11.5. The van der Waals surface area contributed by atoms with Crippen LogP contribution in [0.2, 0.25) is 0 Å². The van der Waals surface area contributed by atoms with Gasteiger partial charge >= 0.3 is 0 Å². The molecule has 0 fully saturated rings. The predicted molar refractivity (Wildman–Crippen MR) is 301 cm³/mol. The Hall–Kier alpha value is -9.98. The summed E-state index contributed by atoms with van der Waals surface area (Å²) in [6.07, 6.45) is 5.73. The lowest BCUT2D eigenvalue weighted by Gasteiger charge is -2.15. The van der Waals surface area contributed by atoms with E-state index in [1.54, 1.807) is 0 Å². The van der Waals surface area contributed by atoms with Crippen LogP contribution in [0.4, 0.5) is 0 Å². The zero-order valence-electron chi connectivity index (χ0n) is 40.3. The van der Waals surface area contributed by atoms with Crippen LogP contribution in [0.3, 0.4) is 0 Å². The Bertz CT molecular complexity index is 4650. The van der Waals surface area contributed by atoms with Gasteiger partial charge in [0.1, 0.15) is 17.3 Å². The van der Waals surface area contributed by atoms with Crippen molar-refractivity contribution in [2.45, 2.75) is 6.92 Å². The van der Waals surface area contributed by atoms with Crippen molar-refractivity contribution < 1.29 is 9.30 Å². The highest BCUT2D eigenvalue weighted by Crippen LogP contribution is 2.41. The van der Waals surface area contributed by atoms with E-state index < -0.39 is 0 Å². The third kappa shape index (κ3) is 6.46. The minimum Gasteiger partial charge on any atom is -0.458 e. The Labute approximate surface area is 425 Å². The maximum absolute atomic E-state index is 6.81. The van der Waals surface area contributed by atoms with E-state index >= 15 is 0 Å². The zero-order valence-corrected chi connectivity index (χ0v) is 40.3. The fraction of sp³-hybridized carbons (Fsp3) is 0.0149. The van der Waals surface area contributed by atoms with Crippen molar-refractivity contribution in [2.24, 2.45) is 0 Å². The normalized spacial score (nSPS) is 11.9. The number of hydrogen-bond acceptors (Lipinski definition) is 2. The molecule has 7 heteroatoms. The van der Waals surface area contributed by atoms with Crippen LogP contribution >= 0.6 is 0 Å². The van der Waals surface area contributed by atoms with Crippen LogP contribution in [0.25, 0.3) is 116 Å². The average Bonchev–Trinajstić information content (AvgIpc) is 4.23. The number of imidazole rings is 1. The van der Waals surface area contributed by atoms with E-state index in [9.17, 15) is 0 Å². The quantitative estimate of drug-likeness (QED) is 0.113. The Morgan fingerprint density at radius 1 is 0.419 bits per heavy atom. The molecule has 0 atom stereocenters. The van der Waals surface area contributed by atoms with Gasteiger partial charge < -0.3 is 13.9 Å². The van der Waals surface area contributed by atoms with Gasteiger partial charge in [0.2, 0.25) is 0 Å². The van der Waals surface area contributed by atoms with E-state index in [0.29, 0.717) is 0 Å². The molecule has 0 saturated carbocycles.